The number of ether oxygens (including phenoxy) is 1. The standard InChI is InChI=1S/C16H23NO2/c1-16(2)9-6-10-17(12-16)11-14(18)13-7-4-5-8-15(13)19-3/h4-5,7-8H,6,9-12H2,1-3H3. The lowest BCUT2D eigenvalue weighted by Crippen LogP contribution is -2.42. The molecule has 0 radical (unpaired) electrons. The van der Waals surface area contributed by atoms with E-state index in [0.717, 1.165) is 13.1 Å². The lowest BCUT2D eigenvalue weighted by molar-refractivity contribution is 0.0807. The maximum atomic E-state index is 12.4. The first-order valence-corrected chi connectivity index (χ1v) is 6.90. The molecule has 0 amide bonds. The monoisotopic (exact) mass is 261 g/mol. The topological polar surface area (TPSA) is 29.5 Å². The molecule has 0 aromatic heterocycles. The highest BCUT2D eigenvalue weighted by molar-refractivity contribution is 6.00. The zero-order chi connectivity index (χ0) is 13.9. The van der Waals surface area contributed by atoms with E-state index in [0.29, 0.717) is 23.3 Å². The van der Waals surface area contributed by atoms with Gasteiger partial charge in [0.25, 0.3) is 0 Å². The quantitative estimate of drug-likeness (QED) is 0.780. The van der Waals surface area contributed by atoms with Gasteiger partial charge in [-0.3, -0.25) is 9.69 Å². The van der Waals surface area contributed by atoms with Gasteiger partial charge in [0.15, 0.2) is 5.78 Å². The molecule has 3 nitrogen and oxygen atoms in total. The van der Waals surface area contributed by atoms with Crippen LogP contribution >= 0.6 is 0 Å². The average molecular weight is 261 g/mol. The van der Waals surface area contributed by atoms with Crippen molar-refractivity contribution in [3.05, 3.63) is 29.8 Å². The molecule has 1 fully saturated rings. The van der Waals surface area contributed by atoms with E-state index in [1.807, 2.05) is 24.3 Å². The Balaban J connectivity index is 2.05. The molecule has 0 atom stereocenters. The summed E-state index contributed by atoms with van der Waals surface area (Å²) in [6.45, 7) is 7.04. The number of Topliss-reactive ketones (excluding diaryl/α,β-unsaturated/α-hetero) is 1. The summed E-state index contributed by atoms with van der Waals surface area (Å²) in [5, 5.41) is 0. The van der Waals surface area contributed by atoms with Gasteiger partial charge in [-0.05, 0) is 36.9 Å². The van der Waals surface area contributed by atoms with E-state index in [9.17, 15) is 4.79 Å². The maximum absolute atomic E-state index is 12.4. The van der Waals surface area contributed by atoms with Crippen LogP contribution < -0.4 is 4.74 Å². The van der Waals surface area contributed by atoms with Gasteiger partial charge < -0.3 is 4.74 Å². The van der Waals surface area contributed by atoms with E-state index in [-0.39, 0.29) is 5.78 Å². The van der Waals surface area contributed by atoms with Crippen LogP contribution in [-0.2, 0) is 0 Å². The Bertz CT molecular complexity index is 454. The van der Waals surface area contributed by atoms with Gasteiger partial charge in [-0.2, -0.15) is 0 Å². The molecule has 2 rings (SSSR count). The van der Waals surface area contributed by atoms with Crippen LogP contribution in [-0.4, -0.2) is 37.4 Å². The van der Waals surface area contributed by atoms with Crippen LogP contribution in [0.25, 0.3) is 0 Å². The number of hydrogen-bond donors (Lipinski definition) is 0. The van der Waals surface area contributed by atoms with Gasteiger partial charge in [0, 0.05) is 6.54 Å². The Morgan fingerprint density at radius 3 is 2.79 bits per heavy atom. The Labute approximate surface area is 115 Å². The normalized spacial score (nSPS) is 19.1. The van der Waals surface area contributed by atoms with E-state index in [1.54, 1.807) is 7.11 Å². The second-order valence-corrected chi connectivity index (χ2v) is 6.10. The van der Waals surface area contributed by atoms with Gasteiger partial charge in [0.1, 0.15) is 5.75 Å². The van der Waals surface area contributed by atoms with Gasteiger partial charge >= 0.3 is 0 Å². The third kappa shape index (κ3) is 3.57. The van der Waals surface area contributed by atoms with Crippen molar-refractivity contribution in [3.8, 4) is 5.75 Å². The smallest absolute Gasteiger partial charge is 0.180 e. The number of methoxy groups -OCH3 is 1. The second kappa shape index (κ2) is 5.74. The first-order chi connectivity index (χ1) is 9.02. The molecule has 104 valence electrons. The number of para-hydroxylation sites is 1. The summed E-state index contributed by atoms with van der Waals surface area (Å²) in [5.41, 5.74) is 1.01. The Hall–Kier alpha value is -1.35. The molecule has 0 N–H and O–H groups in total. The zero-order valence-corrected chi connectivity index (χ0v) is 12.1. The molecule has 19 heavy (non-hydrogen) atoms. The van der Waals surface area contributed by atoms with E-state index < -0.39 is 0 Å². The van der Waals surface area contributed by atoms with Crippen LogP contribution in [0.2, 0.25) is 0 Å². The van der Waals surface area contributed by atoms with Gasteiger partial charge in [-0.15, -0.1) is 0 Å². The SMILES string of the molecule is COc1ccccc1C(=O)CN1CCCC(C)(C)C1. The van der Waals surface area contributed by atoms with Gasteiger partial charge in [0.05, 0.1) is 19.2 Å². The highest BCUT2D eigenvalue weighted by Crippen LogP contribution is 2.28. The number of likely N-dealkylation sites (tertiary alicyclic amines) is 1. The fraction of sp³-hybridized carbons (Fsp3) is 0.562. The van der Waals surface area contributed by atoms with E-state index >= 15 is 0 Å². The largest absolute Gasteiger partial charge is 0.496 e. The Morgan fingerprint density at radius 2 is 2.11 bits per heavy atom. The summed E-state index contributed by atoms with van der Waals surface area (Å²) in [4.78, 5) is 14.6. The molecule has 0 spiro atoms. The van der Waals surface area contributed by atoms with Crippen LogP contribution in [0.15, 0.2) is 24.3 Å². The summed E-state index contributed by atoms with van der Waals surface area (Å²) < 4.78 is 5.26. The Morgan fingerprint density at radius 1 is 1.37 bits per heavy atom. The molecule has 3 heteroatoms. The molecule has 1 aromatic carbocycles. The summed E-state index contributed by atoms with van der Waals surface area (Å²) in [5.74, 6) is 0.818. The first-order valence-electron chi connectivity index (χ1n) is 6.90. The number of nitrogens with zero attached hydrogens (tertiary/aromatic N) is 1. The predicted molar refractivity (Wildman–Crippen MR) is 76.8 cm³/mol. The summed E-state index contributed by atoms with van der Waals surface area (Å²) in [6.07, 6.45) is 2.42. The predicted octanol–water partition coefficient (Wildman–Crippen LogP) is 3.00. The number of benzene rings is 1. The minimum atomic E-state index is 0.148. The molecule has 1 heterocycles. The molecule has 0 aliphatic carbocycles. The molecule has 1 saturated heterocycles. The average Bonchev–Trinajstić information content (AvgIpc) is 2.37. The van der Waals surface area contributed by atoms with Crippen molar-refractivity contribution in [2.45, 2.75) is 26.7 Å². The van der Waals surface area contributed by atoms with Crippen LogP contribution in [0, 0.1) is 5.41 Å². The van der Waals surface area contributed by atoms with Crippen LogP contribution in [0.3, 0.4) is 0 Å². The molecule has 1 aromatic rings. The summed E-state index contributed by atoms with van der Waals surface area (Å²) >= 11 is 0. The number of rotatable bonds is 4. The summed E-state index contributed by atoms with van der Waals surface area (Å²) in [7, 11) is 1.61. The minimum Gasteiger partial charge on any atom is -0.496 e. The zero-order valence-electron chi connectivity index (χ0n) is 12.1. The molecular weight excluding hydrogens is 238 g/mol. The number of carbonyl (C=O) groups is 1. The molecule has 0 bridgehead atoms. The van der Waals surface area contributed by atoms with E-state index in [4.69, 9.17) is 4.74 Å². The lowest BCUT2D eigenvalue weighted by atomic mass is 9.84. The van der Waals surface area contributed by atoms with Gasteiger partial charge in [-0.25, -0.2) is 0 Å². The number of piperidine rings is 1. The third-order valence-electron chi connectivity index (χ3n) is 3.75. The van der Waals surface area contributed by atoms with Crippen LogP contribution in [0.1, 0.15) is 37.0 Å². The number of carbonyl (C=O) groups excluding carboxylic acids is 1. The van der Waals surface area contributed by atoms with Crippen molar-refractivity contribution in [3.63, 3.8) is 0 Å². The van der Waals surface area contributed by atoms with Crippen molar-refractivity contribution in [1.29, 1.82) is 0 Å². The molecule has 1 aliphatic heterocycles. The molecular formula is C16H23NO2. The highest BCUT2D eigenvalue weighted by Gasteiger charge is 2.27. The maximum Gasteiger partial charge on any atom is 0.180 e. The molecule has 1 aliphatic rings. The van der Waals surface area contributed by atoms with Crippen molar-refractivity contribution < 1.29 is 9.53 Å². The third-order valence-corrected chi connectivity index (χ3v) is 3.75. The van der Waals surface area contributed by atoms with Crippen molar-refractivity contribution in [2.75, 3.05) is 26.7 Å². The van der Waals surface area contributed by atoms with Gasteiger partial charge in [-0.1, -0.05) is 26.0 Å². The fourth-order valence-electron chi connectivity index (χ4n) is 2.84. The first kappa shape index (κ1) is 14.1. The minimum absolute atomic E-state index is 0.148. The lowest BCUT2D eigenvalue weighted by Gasteiger charge is -2.37. The van der Waals surface area contributed by atoms with Crippen molar-refractivity contribution in [1.82, 2.24) is 4.90 Å². The van der Waals surface area contributed by atoms with E-state index in [1.165, 1.54) is 12.8 Å². The van der Waals surface area contributed by atoms with Crippen LogP contribution in [0.5, 0.6) is 5.75 Å². The van der Waals surface area contributed by atoms with Crippen molar-refractivity contribution in [2.24, 2.45) is 5.41 Å². The second-order valence-electron chi connectivity index (χ2n) is 6.10. The molecule has 0 unspecified atom stereocenters. The van der Waals surface area contributed by atoms with Gasteiger partial charge in [0.2, 0.25) is 0 Å². The van der Waals surface area contributed by atoms with Crippen molar-refractivity contribution >= 4 is 5.78 Å². The highest BCUT2D eigenvalue weighted by atomic mass is 16.5. The molecule has 0 saturated carbocycles. The Kier molecular flexibility index (Phi) is 4.25. The summed E-state index contributed by atoms with van der Waals surface area (Å²) in [6, 6.07) is 7.46. The fourth-order valence-corrected chi connectivity index (χ4v) is 2.84. The number of hydrogen-bond acceptors (Lipinski definition) is 3. The number of ketones is 1. The van der Waals surface area contributed by atoms with Crippen LogP contribution in [0.4, 0.5) is 0 Å². The van der Waals surface area contributed by atoms with E-state index in [2.05, 4.69) is 18.7 Å².